The second-order valence-corrected chi connectivity index (χ2v) is 1.91. The molecule has 0 aliphatic rings. The van der Waals surface area contributed by atoms with Crippen molar-refractivity contribution in [2.45, 2.75) is 19.8 Å². The van der Waals surface area contributed by atoms with E-state index in [1.807, 2.05) is 0 Å². The molecule has 0 amide bonds. The van der Waals surface area contributed by atoms with Gasteiger partial charge in [0, 0.05) is 6.61 Å². The molecule has 7 heavy (non-hydrogen) atoms. The highest BCUT2D eigenvalue weighted by atomic mass is 16.2. The summed E-state index contributed by atoms with van der Waals surface area (Å²) in [6.07, 6.45) is 1.82. The van der Waals surface area contributed by atoms with Gasteiger partial charge < -0.3 is 5.11 Å². The van der Waals surface area contributed by atoms with E-state index in [0.717, 1.165) is 12.8 Å². The van der Waals surface area contributed by atoms with Gasteiger partial charge in [0.2, 0.25) is 0 Å². The average Bonchev–Trinajstić information content (AvgIpc) is 1.68. The van der Waals surface area contributed by atoms with Gasteiger partial charge in [0.15, 0.2) is 0 Å². The molecule has 0 bridgehead atoms. The first-order valence-corrected chi connectivity index (χ1v) is 2.71. The van der Waals surface area contributed by atoms with Crippen LogP contribution in [0.5, 0.6) is 0 Å². The third-order valence-corrected chi connectivity index (χ3v) is 1.11. The highest BCUT2D eigenvalue weighted by Crippen LogP contribution is 2.03. The van der Waals surface area contributed by atoms with E-state index in [1.165, 1.54) is 0 Å². The molecule has 0 aromatic carbocycles. The Morgan fingerprint density at radius 3 is 2.43 bits per heavy atom. The maximum Gasteiger partial charge on any atom is 0.0433 e. The molecule has 1 N–H and O–H groups in total. The first-order valence-electron chi connectivity index (χ1n) is 2.71. The summed E-state index contributed by atoms with van der Waals surface area (Å²) in [5, 5.41) is 8.34. The van der Waals surface area contributed by atoms with E-state index in [9.17, 15) is 0 Å². The first-order chi connectivity index (χ1) is 3.31. The fraction of sp³-hybridized carbons (Fsp3) is 0.833. The van der Waals surface area contributed by atoms with Crippen molar-refractivity contribution in [1.82, 2.24) is 0 Å². The summed E-state index contributed by atoms with van der Waals surface area (Å²) < 4.78 is 0. The first kappa shape index (κ1) is 6.96. The van der Waals surface area contributed by atoms with E-state index < -0.39 is 0 Å². The van der Waals surface area contributed by atoms with Gasteiger partial charge in [0.05, 0.1) is 0 Å². The molecule has 0 aromatic heterocycles. The summed E-state index contributed by atoms with van der Waals surface area (Å²) in [4.78, 5) is 0. The molecule has 1 nitrogen and oxygen atoms in total. The van der Waals surface area contributed by atoms with Crippen LogP contribution < -0.4 is 0 Å². The summed E-state index contributed by atoms with van der Waals surface area (Å²) in [7, 11) is 0. The van der Waals surface area contributed by atoms with E-state index in [4.69, 9.17) is 5.11 Å². The Hall–Kier alpha value is -0.0400. The van der Waals surface area contributed by atoms with Gasteiger partial charge in [0.1, 0.15) is 0 Å². The summed E-state index contributed by atoms with van der Waals surface area (Å²) in [5.74, 6) is 0.588. The van der Waals surface area contributed by atoms with Gasteiger partial charge in [-0.3, -0.25) is 0 Å². The normalized spacial score (nSPS) is 14.1. The van der Waals surface area contributed by atoms with Crippen LogP contribution in [0.25, 0.3) is 0 Å². The SMILES string of the molecule is [CH2]CC(C)CCO. The van der Waals surface area contributed by atoms with Gasteiger partial charge in [-0.15, -0.1) is 0 Å². The quantitative estimate of drug-likeness (QED) is 0.567. The fourth-order valence-electron chi connectivity index (χ4n) is 0.365. The highest BCUT2D eigenvalue weighted by Gasteiger charge is 1.93. The lowest BCUT2D eigenvalue weighted by Gasteiger charge is -2.01. The second kappa shape index (κ2) is 4.13. The zero-order valence-corrected chi connectivity index (χ0v) is 4.85. The van der Waals surface area contributed by atoms with E-state index in [2.05, 4.69) is 13.8 Å². The monoisotopic (exact) mass is 101 g/mol. The largest absolute Gasteiger partial charge is 0.396 e. The van der Waals surface area contributed by atoms with Crippen molar-refractivity contribution in [1.29, 1.82) is 0 Å². The molecule has 43 valence electrons. The van der Waals surface area contributed by atoms with Crippen LogP contribution in [-0.4, -0.2) is 11.7 Å². The van der Waals surface area contributed by atoms with E-state index in [1.54, 1.807) is 0 Å². The van der Waals surface area contributed by atoms with E-state index in [-0.39, 0.29) is 0 Å². The Morgan fingerprint density at radius 2 is 2.29 bits per heavy atom. The molecule has 0 fully saturated rings. The van der Waals surface area contributed by atoms with Crippen LogP contribution in [0.1, 0.15) is 19.8 Å². The van der Waals surface area contributed by atoms with Crippen LogP contribution in [0.15, 0.2) is 0 Å². The van der Waals surface area contributed by atoms with Crippen LogP contribution in [0.3, 0.4) is 0 Å². The molecule has 0 heterocycles. The highest BCUT2D eigenvalue weighted by molar-refractivity contribution is 4.51. The molecule has 0 spiro atoms. The van der Waals surface area contributed by atoms with Crippen LogP contribution in [0.2, 0.25) is 0 Å². The molecule has 1 unspecified atom stereocenters. The lowest BCUT2D eigenvalue weighted by molar-refractivity contribution is 0.263. The predicted octanol–water partition coefficient (Wildman–Crippen LogP) is 1.23. The van der Waals surface area contributed by atoms with Crippen molar-refractivity contribution < 1.29 is 5.11 Å². The van der Waals surface area contributed by atoms with Gasteiger partial charge in [-0.25, -0.2) is 0 Å². The summed E-state index contributed by atoms with van der Waals surface area (Å²) in [6.45, 7) is 6.08. The zero-order valence-electron chi connectivity index (χ0n) is 4.85. The smallest absolute Gasteiger partial charge is 0.0433 e. The number of rotatable bonds is 3. The second-order valence-electron chi connectivity index (χ2n) is 1.91. The Bertz CT molecular complexity index is 35.2. The van der Waals surface area contributed by atoms with Crippen molar-refractivity contribution >= 4 is 0 Å². The van der Waals surface area contributed by atoms with Crippen molar-refractivity contribution in [3.8, 4) is 0 Å². The minimum atomic E-state index is 0.302. The van der Waals surface area contributed by atoms with Crippen LogP contribution in [-0.2, 0) is 0 Å². The zero-order chi connectivity index (χ0) is 5.70. The average molecular weight is 101 g/mol. The Balaban J connectivity index is 2.83. The standard InChI is InChI=1S/C6H13O/c1-3-6(2)4-5-7/h6-7H,1,3-5H2,2H3. The van der Waals surface area contributed by atoms with Crippen molar-refractivity contribution in [3.63, 3.8) is 0 Å². The Kier molecular flexibility index (Phi) is 4.10. The summed E-state index contributed by atoms with van der Waals surface area (Å²) >= 11 is 0. The van der Waals surface area contributed by atoms with Gasteiger partial charge in [-0.2, -0.15) is 0 Å². The summed E-state index contributed by atoms with van der Waals surface area (Å²) in [5.41, 5.74) is 0. The fourth-order valence-corrected chi connectivity index (χ4v) is 0.365. The molecule has 0 aromatic rings. The molecular formula is C6H13O. The van der Waals surface area contributed by atoms with Crippen molar-refractivity contribution in [2.24, 2.45) is 5.92 Å². The van der Waals surface area contributed by atoms with Gasteiger partial charge >= 0.3 is 0 Å². The van der Waals surface area contributed by atoms with Gasteiger partial charge in [-0.05, 0) is 12.3 Å². The summed E-state index contributed by atoms with van der Waals surface area (Å²) in [6, 6.07) is 0. The molecule has 1 radical (unpaired) electrons. The van der Waals surface area contributed by atoms with E-state index >= 15 is 0 Å². The maximum atomic E-state index is 8.34. The molecule has 0 aliphatic heterocycles. The lowest BCUT2D eigenvalue weighted by atomic mass is 10.1. The van der Waals surface area contributed by atoms with Gasteiger partial charge in [-0.1, -0.05) is 20.3 Å². The number of hydrogen-bond acceptors (Lipinski definition) is 1. The molecule has 0 saturated carbocycles. The third-order valence-electron chi connectivity index (χ3n) is 1.11. The minimum Gasteiger partial charge on any atom is -0.396 e. The number of aliphatic hydroxyl groups excluding tert-OH is 1. The number of hydrogen-bond donors (Lipinski definition) is 1. The molecule has 0 saturated heterocycles. The lowest BCUT2D eigenvalue weighted by Crippen LogP contribution is -1.94. The minimum absolute atomic E-state index is 0.302. The van der Waals surface area contributed by atoms with Crippen LogP contribution >= 0.6 is 0 Å². The molecular weight excluding hydrogens is 88.1 g/mol. The number of aliphatic hydroxyl groups is 1. The topological polar surface area (TPSA) is 20.2 Å². The Morgan fingerprint density at radius 1 is 1.71 bits per heavy atom. The third kappa shape index (κ3) is 3.80. The van der Waals surface area contributed by atoms with Crippen molar-refractivity contribution in [2.75, 3.05) is 6.61 Å². The molecule has 0 aliphatic carbocycles. The van der Waals surface area contributed by atoms with Crippen LogP contribution in [0, 0.1) is 12.8 Å². The predicted molar refractivity (Wildman–Crippen MR) is 30.8 cm³/mol. The Labute approximate surface area is 45.4 Å². The maximum absolute atomic E-state index is 8.34. The molecule has 1 heteroatoms. The van der Waals surface area contributed by atoms with Gasteiger partial charge in [0.25, 0.3) is 0 Å². The van der Waals surface area contributed by atoms with Crippen molar-refractivity contribution in [3.05, 3.63) is 6.92 Å². The van der Waals surface area contributed by atoms with Crippen LogP contribution in [0.4, 0.5) is 0 Å². The molecule has 0 rings (SSSR count). The van der Waals surface area contributed by atoms with E-state index in [0.29, 0.717) is 12.5 Å². The molecule has 1 atom stereocenters.